The highest BCUT2D eigenvalue weighted by molar-refractivity contribution is 9.10. The first-order chi connectivity index (χ1) is 11.6. The normalized spacial score (nSPS) is 17.3. The van der Waals surface area contributed by atoms with Crippen LogP contribution in [0.3, 0.4) is 0 Å². The summed E-state index contributed by atoms with van der Waals surface area (Å²) in [7, 11) is 0. The maximum absolute atomic E-state index is 12.0. The van der Waals surface area contributed by atoms with Crippen LogP contribution in [-0.4, -0.2) is 26.6 Å². The number of hydrogen-bond acceptors (Lipinski definition) is 3. The van der Waals surface area contributed by atoms with Crippen LogP contribution in [-0.2, 0) is 4.79 Å². The van der Waals surface area contributed by atoms with Crippen LogP contribution < -0.4 is 0 Å². The smallest absolute Gasteiger partial charge is 0.240 e. The molecule has 1 aliphatic heterocycles. The van der Waals surface area contributed by atoms with Crippen molar-refractivity contribution in [2.24, 2.45) is 5.10 Å². The Labute approximate surface area is 147 Å². The molecule has 1 atom stereocenters. The Morgan fingerprint density at radius 1 is 1.21 bits per heavy atom. The van der Waals surface area contributed by atoms with Gasteiger partial charge in [-0.2, -0.15) is 5.10 Å². The van der Waals surface area contributed by atoms with E-state index in [0.29, 0.717) is 6.42 Å². The van der Waals surface area contributed by atoms with E-state index >= 15 is 0 Å². The monoisotopic (exact) mass is 382 g/mol. The van der Waals surface area contributed by atoms with Crippen molar-refractivity contribution in [3.05, 3.63) is 64.4 Å². The highest BCUT2D eigenvalue weighted by Crippen LogP contribution is 2.32. The van der Waals surface area contributed by atoms with Gasteiger partial charge in [-0.05, 0) is 29.8 Å². The fourth-order valence-corrected chi connectivity index (χ4v) is 3.23. The van der Waals surface area contributed by atoms with Gasteiger partial charge >= 0.3 is 0 Å². The number of carbonyl (C=O) groups is 1. The molecule has 1 N–H and O–H groups in total. The number of H-pyrrole nitrogens is 1. The Balaban J connectivity index is 1.71. The van der Waals surface area contributed by atoms with E-state index in [-0.39, 0.29) is 11.9 Å². The topological polar surface area (TPSA) is 61.4 Å². The Kier molecular flexibility index (Phi) is 3.69. The van der Waals surface area contributed by atoms with Crippen LogP contribution in [0.2, 0.25) is 0 Å². The molecule has 0 radical (unpaired) electrons. The molecule has 1 amide bonds. The third kappa shape index (κ3) is 2.63. The zero-order valence-electron chi connectivity index (χ0n) is 13.0. The summed E-state index contributed by atoms with van der Waals surface area (Å²) in [5, 5.41) is 6.06. The minimum absolute atomic E-state index is 0.0902. The first kappa shape index (κ1) is 15.1. The van der Waals surface area contributed by atoms with Gasteiger partial charge in [0, 0.05) is 17.8 Å². The van der Waals surface area contributed by atoms with Crippen molar-refractivity contribution in [3.8, 4) is 0 Å². The molecule has 0 fully saturated rings. The van der Waals surface area contributed by atoms with Crippen LogP contribution in [0.4, 0.5) is 0 Å². The first-order valence-electron chi connectivity index (χ1n) is 7.69. The Bertz CT molecular complexity index is 912. The number of nitrogens with zero attached hydrogens (tertiary/aromatic N) is 3. The standard InChI is InChI=1S/C18H15BrN4O/c1-11(24)23-17(18-20-14-4-2-3-5-15(14)21-18)10-16(22-23)12-6-8-13(19)9-7-12/h2-9,17H,10H2,1H3,(H,20,21)/t17-/m0/s1. The number of nitrogens with one attached hydrogen (secondary N) is 1. The van der Waals surface area contributed by atoms with Crippen molar-refractivity contribution >= 4 is 38.6 Å². The SMILES string of the molecule is CC(=O)N1N=C(c2ccc(Br)cc2)C[C@H]1c1nc2ccccc2[nH]1. The predicted octanol–water partition coefficient (Wildman–Crippen LogP) is 4.02. The summed E-state index contributed by atoms with van der Waals surface area (Å²) >= 11 is 3.44. The van der Waals surface area contributed by atoms with Gasteiger partial charge in [0.1, 0.15) is 11.9 Å². The zero-order valence-corrected chi connectivity index (χ0v) is 14.6. The third-order valence-electron chi connectivity index (χ3n) is 4.13. The van der Waals surface area contributed by atoms with Crippen molar-refractivity contribution < 1.29 is 4.79 Å². The van der Waals surface area contributed by atoms with Crippen LogP contribution in [0.15, 0.2) is 58.1 Å². The van der Waals surface area contributed by atoms with Crippen LogP contribution in [0.1, 0.15) is 30.8 Å². The van der Waals surface area contributed by atoms with Crippen molar-refractivity contribution in [2.75, 3.05) is 0 Å². The predicted molar refractivity (Wildman–Crippen MR) is 96.7 cm³/mol. The van der Waals surface area contributed by atoms with Gasteiger partial charge in [0.25, 0.3) is 0 Å². The van der Waals surface area contributed by atoms with Gasteiger partial charge in [-0.3, -0.25) is 4.79 Å². The molecule has 2 heterocycles. The minimum atomic E-state index is -0.200. The number of para-hydroxylation sites is 2. The summed E-state index contributed by atoms with van der Waals surface area (Å²) in [5.74, 6) is 0.676. The van der Waals surface area contributed by atoms with E-state index in [2.05, 4.69) is 31.0 Å². The summed E-state index contributed by atoms with van der Waals surface area (Å²) in [4.78, 5) is 20.0. The number of halogens is 1. The molecule has 0 aliphatic carbocycles. The Morgan fingerprint density at radius 3 is 2.67 bits per heavy atom. The van der Waals surface area contributed by atoms with Gasteiger partial charge in [0.05, 0.1) is 16.7 Å². The number of aromatic nitrogens is 2. The average Bonchev–Trinajstić information content (AvgIpc) is 3.19. The fourth-order valence-electron chi connectivity index (χ4n) is 2.96. The summed E-state index contributed by atoms with van der Waals surface area (Å²) < 4.78 is 1.02. The second-order valence-corrected chi connectivity index (χ2v) is 6.69. The lowest BCUT2D eigenvalue weighted by Crippen LogP contribution is -2.25. The van der Waals surface area contributed by atoms with Crippen LogP contribution in [0, 0.1) is 0 Å². The van der Waals surface area contributed by atoms with Crippen molar-refractivity contribution in [1.29, 1.82) is 0 Å². The average molecular weight is 383 g/mol. The third-order valence-corrected chi connectivity index (χ3v) is 4.66. The van der Waals surface area contributed by atoms with E-state index in [1.807, 2.05) is 48.5 Å². The number of benzene rings is 2. The minimum Gasteiger partial charge on any atom is -0.340 e. The number of hydrazone groups is 1. The van der Waals surface area contributed by atoms with Crippen molar-refractivity contribution in [1.82, 2.24) is 15.0 Å². The number of aromatic amines is 1. The molecule has 0 spiro atoms. The van der Waals surface area contributed by atoms with Crippen LogP contribution >= 0.6 is 15.9 Å². The van der Waals surface area contributed by atoms with Crippen LogP contribution in [0.5, 0.6) is 0 Å². The number of fused-ring (bicyclic) bond motifs is 1. The molecule has 0 unspecified atom stereocenters. The van der Waals surface area contributed by atoms with E-state index in [9.17, 15) is 4.79 Å². The van der Waals surface area contributed by atoms with Crippen molar-refractivity contribution in [2.45, 2.75) is 19.4 Å². The molecule has 0 saturated carbocycles. The largest absolute Gasteiger partial charge is 0.340 e. The van der Waals surface area contributed by atoms with Crippen LogP contribution in [0.25, 0.3) is 11.0 Å². The Hall–Kier alpha value is -2.47. The number of carbonyl (C=O) groups excluding carboxylic acids is 1. The van der Waals surface area contributed by atoms with Gasteiger partial charge in [-0.1, -0.05) is 40.2 Å². The number of imidazole rings is 1. The molecule has 3 aromatic rings. The number of amides is 1. The lowest BCUT2D eigenvalue weighted by Gasteiger charge is -2.17. The maximum atomic E-state index is 12.0. The van der Waals surface area contributed by atoms with Gasteiger partial charge in [0.15, 0.2) is 0 Å². The summed E-state index contributed by atoms with van der Waals surface area (Å²) in [6, 6.07) is 15.6. The van der Waals surface area contributed by atoms with Gasteiger partial charge < -0.3 is 4.98 Å². The van der Waals surface area contributed by atoms with E-state index in [1.165, 1.54) is 11.9 Å². The molecule has 1 aromatic heterocycles. The van der Waals surface area contributed by atoms with E-state index in [1.54, 1.807) is 0 Å². The molecule has 0 saturated heterocycles. The summed E-state index contributed by atoms with van der Waals surface area (Å²) in [6.45, 7) is 1.53. The molecule has 1 aliphatic rings. The summed E-state index contributed by atoms with van der Waals surface area (Å²) in [6.07, 6.45) is 0.640. The maximum Gasteiger partial charge on any atom is 0.240 e. The highest BCUT2D eigenvalue weighted by atomic mass is 79.9. The van der Waals surface area contributed by atoms with Gasteiger partial charge in [-0.25, -0.2) is 9.99 Å². The first-order valence-corrected chi connectivity index (χ1v) is 8.49. The van der Waals surface area contributed by atoms with Gasteiger partial charge in [-0.15, -0.1) is 0 Å². The lowest BCUT2D eigenvalue weighted by atomic mass is 10.0. The zero-order chi connectivity index (χ0) is 16.7. The molecule has 5 nitrogen and oxygen atoms in total. The van der Waals surface area contributed by atoms with Gasteiger partial charge in [0.2, 0.25) is 5.91 Å². The van der Waals surface area contributed by atoms with E-state index < -0.39 is 0 Å². The molecular formula is C18H15BrN4O. The van der Waals surface area contributed by atoms with Crippen molar-refractivity contribution in [3.63, 3.8) is 0 Å². The lowest BCUT2D eigenvalue weighted by molar-refractivity contribution is -0.130. The Morgan fingerprint density at radius 2 is 1.96 bits per heavy atom. The fraction of sp³-hybridized carbons (Fsp3) is 0.167. The molecule has 120 valence electrons. The summed E-state index contributed by atoms with van der Waals surface area (Å²) in [5.41, 5.74) is 3.77. The molecule has 4 rings (SSSR count). The molecule has 6 heteroatoms. The second kappa shape index (κ2) is 5.87. The molecule has 24 heavy (non-hydrogen) atoms. The highest BCUT2D eigenvalue weighted by Gasteiger charge is 2.33. The number of rotatable bonds is 2. The van der Waals surface area contributed by atoms with E-state index in [0.717, 1.165) is 32.6 Å². The van der Waals surface area contributed by atoms with E-state index in [4.69, 9.17) is 0 Å². The second-order valence-electron chi connectivity index (χ2n) is 5.78. The molecule has 0 bridgehead atoms. The molecular weight excluding hydrogens is 368 g/mol. The molecule has 2 aromatic carbocycles. The quantitative estimate of drug-likeness (QED) is 0.727. The number of hydrogen-bond donors (Lipinski definition) is 1.